The molecule has 2 aliphatic heterocycles. The van der Waals surface area contributed by atoms with Gasteiger partial charge in [0.1, 0.15) is 0 Å². The van der Waals surface area contributed by atoms with Gasteiger partial charge in [-0.3, -0.25) is 10.1 Å². The number of nitro benzene ring substituents is 1. The average Bonchev–Trinajstić information content (AvgIpc) is 2.88. The molecule has 2 amide bonds. The van der Waals surface area contributed by atoms with Crippen molar-refractivity contribution in [3.8, 4) is 0 Å². The van der Waals surface area contributed by atoms with Crippen molar-refractivity contribution in [3.63, 3.8) is 0 Å². The molecule has 1 aromatic rings. The van der Waals surface area contributed by atoms with Gasteiger partial charge in [0.2, 0.25) is 10.0 Å². The lowest BCUT2D eigenvalue weighted by molar-refractivity contribution is -0.387. The van der Waals surface area contributed by atoms with Gasteiger partial charge >= 0.3 is 6.03 Å². The number of piperazine rings is 1. The molecule has 3 rings (SSSR count). The highest BCUT2D eigenvalue weighted by Gasteiger charge is 2.41. The summed E-state index contributed by atoms with van der Waals surface area (Å²) in [6, 6.07) is 3.62. The second kappa shape index (κ2) is 5.46. The number of carbonyl (C=O) groups excluding carboxylic acids is 1. The van der Waals surface area contributed by atoms with Crippen molar-refractivity contribution in [1.82, 2.24) is 14.5 Å². The number of aryl methyl sites for hydroxylation is 1. The molecule has 1 atom stereocenters. The predicted molar refractivity (Wildman–Crippen MR) is 80.5 cm³/mol. The highest BCUT2D eigenvalue weighted by molar-refractivity contribution is 7.89. The summed E-state index contributed by atoms with van der Waals surface area (Å²) in [6.45, 7) is 2.57. The third-order valence-corrected chi connectivity index (χ3v) is 6.04. The number of sulfonamides is 1. The van der Waals surface area contributed by atoms with Crippen LogP contribution in [0.25, 0.3) is 0 Å². The fraction of sp³-hybridized carbons (Fsp3) is 0.462. The Hall–Kier alpha value is -2.20. The molecule has 1 aromatic carbocycles. The quantitative estimate of drug-likeness (QED) is 0.628. The summed E-state index contributed by atoms with van der Waals surface area (Å²) in [4.78, 5) is 23.4. The van der Waals surface area contributed by atoms with Crippen LogP contribution in [0.15, 0.2) is 23.1 Å². The van der Waals surface area contributed by atoms with Gasteiger partial charge < -0.3 is 10.2 Å². The van der Waals surface area contributed by atoms with Gasteiger partial charge in [-0.2, -0.15) is 4.31 Å². The predicted octanol–water partition coefficient (Wildman–Crippen LogP) is 0.301. The Morgan fingerprint density at radius 1 is 1.35 bits per heavy atom. The second-order valence-corrected chi connectivity index (χ2v) is 7.53. The number of nitrogens with one attached hydrogen (secondary N) is 1. The van der Waals surface area contributed by atoms with E-state index < -0.39 is 20.6 Å². The van der Waals surface area contributed by atoms with E-state index in [0.717, 1.165) is 0 Å². The first-order chi connectivity index (χ1) is 10.8. The summed E-state index contributed by atoms with van der Waals surface area (Å²) >= 11 is 0. The number of nitro groups is 1. The lowest BCUT2D eigenvalue weighted by Gasteiger charge is -2.35. The number of carbonyl (C=O) groups is 1. The van der Waals surface area contributed by atoms with E-state index in [4.69, 9.17) is 0 Å². The highest BCUT2D eigenvalue weighted by atomic mass is 32.2. The van der Waals surface area contributed by atoms with Gasteiger partial charge in [0.15, 0.2) is 4.90 Å². The second-order valence-electron chi connectivity index (χ2n) is 5.62. The molecule has 2 heterocycles. The van der Waals surface area contributed by atoms with E-state index in [1.165, 1.54) is 22.5 Å². The number of amides is 2. The Labute approximate surface area is 133 Å². The van der Waals surface area contributed by atoms with Crippen LogP contribution in [-0.4, -0.2) is 60.8 Å². The van der Waals surface area contributed by atoms with Gasteiger partial charge in [0.25, 0.3) is 5.69 Å². The molecule has 0 unspecified atom stereocenters. The Balaban J connectivity index is 1.94. The molecule has 0 radical (unpaired) electrons. The third-order valence-electron chi connectivity index (χ3n) is 4.12. The van der Waals surface area contributed by atoms with Crippen LogP contribution in [0.1, 0.15) is 5.56 Å². The van der Waals surface area contributed by atoms with E-state index in [-0.39, 0.29) is 36.6 Å². The van der Waals surface area contributed by atoms with E-state index in [0.29, 0.717) is 12.1 Å². The Kier molecular flexibility index (Phi) is 3.72. The lowest BCUT2D eigenvalue weighted by Crippen LogP contribution is -2.53. The number of urea groups is 1. The molecule has 23 heavy (non-hydrogen) atoms. The molecule has 2 fully saturated rings. The van der Waals surface area contributed by atoms with E-state index in [1.54, 1.807) is 11.8 Å². The molecule has 0 bridgehead atoms. The number of rotatable bonds is 3. The Morgan fingerprint density at radius 2 is 2.09 bits per heavy atom. The summed E-state index contributed by atoms with van der Waals surface area (Å²) in [7, 11) is -3.98. The molecule has 124 valence electrons. The van der Waals surface area contributed by atoms with Crippen molar-refractivity contribution < 1.29 is 18.1 Å². The molecule has 0 spiro atoms. The van der Waals surface area contributed by atoms with Crippen LogP contribution in [0.4, 0.5) is 10.5 Å². The molecule has 9 nitrogen and oxygen atoms in total. The molecular formula is C13H16N4O5S. The topological polar surface area (TPSA) is 113 Å². The zero-order valence-electron chi connectivity index (χ0n) is 12.4. The zero-order valence-corrected chi connectivity index (χ0v) is 13.2. The van der Waals surface area contributed by atoms with Crippen molar-refractivity contribution in [2.24, 2.45) is 0 Å². The lowest BCUT2D eigenvalue weighted by atomic mass is 10.2. The zero-order chi connectivity index (χ0) is 16.8. The highest BCUT2D eigenvalue weighted by Crippen LogP contribution is 2.29. The molecule has 2 saturated heterocycles. The maximum Gasteiger partial charge on any atom is 0.317 e. The molecule has 0 saturated carbocycles. The Bertz CT molecular complexity index is 779. The van der Waals surface area contributed by atoms with Crippen LogP contribution in [-0.2, 0) is 10.0 Å². The molecule has 0 aromatic heterocycles. The summed E-state index contributed by atoms with van der Waals surface area (Å²) in [5.74, 6) is 0. The number of nitrogens with zero attached hydrogens (tertiary/aromatic N) is 3. The third kappa shape index (κ3) is 2.63. The maximum atomic E-state index is 12.8. The van der Waals surface area contributed by atoms with Gasteiger partial charge in [-0.25, -0.2) is 13.2 Å². The monoisotopic (exact) mass is 340 g/mol. The van der Waals surface area contributed by atoms with Crippen LogP contribution < -0.4 is 5.32 Å². The molecular weight excluding hydrogens is 324 g/mol. The van der Waals surface area contributed by atoms with Crippen molar-refractivity contribution in [2.45, 2.75) is 17.9 Å². The summed E-state index contributed by atoms with van der Waals surface area (Å²) in [6.07, 6.45) is 0. The van der Waals surface area contributed by atoms with Gasteiger partial charge in [-0.1, -0.05) is 6.07 Å². The SMILES string of the molecule is Cc1ccc(S(=O)(=O)N2CCN3C(=O)NC[C@H]3C2)c([N+](=O)[O-])c1. The van der Waals surface area contributed by atoms with Crippen LogP contribution >= 0.6 is 0 Å². The van der Waals surface area contributed by atoms with Gasteiger partial charge in [-0.05, 0) is 18.6 Å². The van der Waals surface area contributed by atoms with Crippen molar-refractivity contribution in [2.75, 3.05) is 26.2 Å². The van der Waals surface area contributed by atoms with Crippen molar-refractivity contribution >= 4 is 21.7 Å². The normalized spacial score (nSPS) is 21.9. The van der Waals surface area contributed by atoms with E-state index in [1.807, 2.05) is 0 Å². The first kappa shape index (κ1) is 15.7. The number of benzene rings is 1. The number of hydrogen-bond donors (Lipinski definition) is 1. The van der Waals surface area contributed by atoms with Crippen LogP contribution in [0.3, 0.4) is 0 Å². The summed E-state index contributed by atoms with van der Waals surface area (Å²) < 4.78 is 26.8. The molecule has 2 aliphatic rings. The number of fused-ring (bicyclic) bond motifs is 1. The fourth-order valence-corrected chi connectivity index (χ4v) is 4.53. The largest absolute Gasteiger partial charge is 0.336 e. The maximum absolute atomic E-state index is 12.8. The number of hydrogen-bond acceptors (Lipinski definition) is 5. The average molecular weight is 340 g/mol. The van der Waals surface area contributed by atoms with E-state index in [9.17, 15) is 23.3 Å². The van der Waals surface area contributed by atoms with Crippen LogP contribution in [0.2, 0.25) is 0 Å². The smallest absolute Gasteiger partial charge is 0.317 e. The summed E-state index contributed by atoms with van der Waals surface area (Å²) in [5, 5.41) is 13.9. The Morgan fingerprint density at radius 3 is 2.78 bits per heavy atom. The minimum Gasteiger partial charge on any atom is -0.336 e. The minimum atomic E-state index is -3.98. The van der Waals surface area contributed by atoms with Crippen molar-refractivity contribution in [3.05, 3.63) is 33.9 Å². The summed E-state index contributed by atoms with van der Waals surface area (Å²) in [5.41, 5.74) is 0.194. The van der Waals surface area contributed by atoms with Gasteiger partial charge in [0, 0.05) is 32.2 Å². The molecule has 10 heteroatoms. The minimum absolute atomic E-state index is 0.122. The fourth-order valence-electron chi connectivity index (χ4n) is 2.92. The van der Waals surface area contributed by atoms with Crippen LogP contribution in [0.5, 0.6) is 0 Å². The van der Waals surface area contributed by atoms with E-state index >= 15 is 0 Å². The molecule has 1 N–H and O–H groups in total. The van der Waals surface area contributed by atoms with Gasteiger partial charge in [0.05, 0.1) is 11.0 Å². The molecule has 0 aliphatic carbocycles. The van der Waals surface area contributed by atoms with Gasteiger partial charge in [-0.15, -0.1) is 0 Å². The standard InChI is InChI=1S/C13H16N4O5S/c1-9-2-3-12(11(6-9)17(19)20)23(21,22)15-4-5-16-10(8-15)7-14-13(16)18/h2-3,6,10H,4-5,7-8H2,1H3,(H,14,18)/t10-/m0/s1. The van der Waals surface area contributed by atoms with Crippen molar-refractivity contribution in [1.29, 1.82) is 0 Å². The first-order valence-corrected chi connectivity index (χ1v) is 8.54. The van der Waals surface area contributed by atoms with E-state index in [2.05, 4.69) is 5.32 Å². The first-order valence-electron chi connectivity index (χ1n) is 7.10. The van der Waals surface area contributed by atoms with Crippen LogP contribution in [0, 0.1) is 17.0 Å².